The molecule has 1 N–H and O–H groups in total. The van der Waals surface area contributed by atoms with E-state index < -0.39 is 0 Å². The Morgan fingerprint density at radius 2 is 1.63 bits per heavy atom. The van der Waals surface area contributed by atoms with Crippen molar-refractivity contribution in [2.24, 2.45) is 0 Å². The van der Waals surface area contributed by atoms with Gasteiger partial charge in [0, 0.05) is 4.90 Å². The Hall–Kier alpha value is -0.250. The van der Waals surface area contributed by atoms with Gasteiger partial charge in [0.25, 0.3) is 0 Å². The minimum Gasteiger partial charge on any atom is -0.352 e. The fourth-order valence-corrected chi connectivity index (χ4v) is 4.15. The zero-order valence-corrected chi connectivity index (χ0v) is 13.5. The number of fused-ring (bicyclic) bond motifs is 2. The highest BCUT2D eigenvalue weighted by Gasteiger charge is 2.25. The summed E-state index contributed by atoms with van der Waals surface area (Å²) in [5.74, 6) is 0. The lowest BCUT2D eigenvalue weighted by Crippen LogP contribution is -2.02. The van der Waals surface area contributed by atoms with E-state index in [-0.39, 0.29) is 10.0 Å². The second-order valence-electron chi connectivity index (χ2n) is 4.19. The molecule has 98 valence electrons. The molecule has 0 amide bonds. The third-order valence-electron chi connectivity index (χ3n) is 2.83. The highest BCUT2D eigenvalue weighted by Crippen LogP contribution is 2.54. The van der Waals surface area contributed by atoms with Crippen LogP contribution < -0.4 is 5.32 Å². The van der Waals surface area contributed by atoms with E-state index in [2.05, 4.69) is 11.4 Å². The van der Waals surface area contributed by atoms with Crippen molar-refractivity contribution in [2.75, 3.05) is 5.32 Å². The number of anilines is 2. The molecule has 0 saturated carbocycles. The van der Waals surface area contributed by atoms with Crippen molar-refractivity contribution in [2.45, 2.75) is 16.7 Å². The SMILES string of the molecule is Cc1ccc2c(c1)Sc1c(Cl)c(Cl)c(Cl)c(Cl)c1N2. The molecule has 1 aliphatic heterocycles. The number of hydrogen-bond donors (Lipinski definition) is 1. The van der Waals surface area contributed by atoms with E-state index in [4.69, 9.17) is 46.4 Å². The quantitative estimate of drug-likeness (QED) is 0.352. The topological polar surface area (TPSA) is 12.0 Å². The predicted octanol–water partition coefficient (Wildman–Crippen LogP) is 6.82. The van der Waals surface area contributed by atoms with Crippen LogP contribution in [0.5, 0.6) is 0 Å². The van der Waals surface area contributed by atoms with Gasteiger partial charge in [-0.3, -0.25) is 0 Å². The van der Waals surface area contributed by atoms with Crippen LogP contribution in [0, 0.1) is 6.92 Å². The molecule has 0 spiro atoms. The lowest BCUT2D eigenvalue weighted by molar-refractivity contribution is 1.29. The summed E-state index contributed by atoms with van der Waals surface area (Å²) in [4.78, 5) is 1.89. The largest absolute Gasteiger partial charge is 0.352 e. The molecular formula is C13H7Cl4NS. The van der Waals surface area contributed by atoms with Crippen molar-refractivity contribution in [1.29, 1.82) is 0 Å². The van der Waals surface area contributed by atoms with Crippen LogP contribution >= 0.6 is 58.2 Å². The minimum absolute atomic E-state index is 0.274. The number of rotatable bonds is 0. The van der Waals surface area contributed by atoms with Crippen LogP contribution in [0.15, 0.2) is 28.0 Å². The summed E-state index contributed by atoms with van der Waals surface area (Å²) in [6.07, 6.45) is 0. The molecule has 0 aliphatic carbocycles. The summed E-state index contributed by atoms with van der Waals surface area (Å²) in [6.45, 7) is 2.04. The van der Waals surface area contributed by atoms with Crippen LogP contribution in [-0.4, -0.2) is 0 Å². The van der Waals surface area contributed by atoms with Gasteiger partial charge < -0.3 is 5.32 Å². The Labute approximate surface area is 135 Å². The highest BCUT2D eigenvalue weighted by atomic mass is 35.5. The molecular weight excluding hydrogens is 344 g/mol. The van der Waals surface area contributed by atoms with E-state index in [9.17, 15) is 0 Å². The van der Waals surface area contributed by atoms with Crippen LogP contribution in [0.4, 0.5) is 11.4 Å². The van der Waals surface area contributed by atoms with Gasteiger partial charge in [-0.2, -0.15) is 0 Å². The maximum Gasteiger partial charge on any atom is 0.0855 e. The minimum atomic E-state index is 0.274. The van der Waals surface area contributed by atoms with Crippen LogP contribution in [-0.2, 0) is 0 Å². The average Bonchev–Trinajstić information content (AvgIpc) is 2.41. The van der Waals surface area contributed by atoms with Crippen LogP contribution in [0.2, 0.25) is 20.1 Å². The molecule has 0 radical (unpaired) electrons. The molecule has 6 heteroatoms. The van der Waals surface area contributed by atoms with Crippen LogP contribution in [0.3, 0.4) is 0 Å². The molecule has 19 heavy (non-hydrogen) atoms. The van der Waals surface area contributed by atoms with Gasteiger partial charge in [0.05, 0.1) is 36.4 Å². The second-order valence-corrected chi connectivity index (χ2v) is 6.75. The van der Waals surface area contributed by atoms with Crippen LogP contribution in [0.25, 0.3) is 0 Å². The number of halogens is 4. The van der Waals surface area contributed by atoms with E-state index in [1.165, 1.54) is 17.3 Å². The van der Waals surface area contributed by atoms with Crippen LogP contribution in [0.1, 0.15) is 5.56 Å². The van der Waals surface area contributed by atoms with Gasteiger partial charge in [0.15, 0.2) is 0 Å². The van der Waals surface area contributed by atoms with Gasteiger partial charge in [-0.05, 0) is 24.6 Å². The number of nitrogens with one attached hydrogen (secondary N) is 1. The molecule has 0 atom stereocenters. The van der Waals surface area contributed by atoms with Gasteiger partial charge in [-0.1, -0.05) is 64.2 Å². The maximum atomic E-state index is 6.26. The molecule has 0 fully saturated rings. The maximum absolute atomic E-state index is 6.26. The van der Waals surface area contributed by atoms with Gasteiger partial charge in [-0.25, -0.2) is 0 Å². The van der Waals surface area contributed by atoms with Gasteiger partial charge in [-0.15, -0.1) is 0 Å². The predicted molar refractivity (Wildman–Crippen MR) is 85.1 cm³/mol. The summed E-state index contributed by atoms with van der Waals surface area (Å²) < 4.78 is 0. The number of hydrogen-bond acceptors (Lipinski definition) is 2. The van der Waals surface area contributed by atoms with E-state index in [0.29, 0.717) is 15.7 Å². The van der Waals surface area contributed by atoms with Crippen molar-refractivity contribution in [3.05, 3.63) is 43.9 Å². The molecule has 0 unspecified atom stereocenters. The number of aryl methyl sites for hydroxylation is 1. The van der Waals surface area contributed by atoms with E-state index >= 15 is 0 Å². The molecule has 2 aromatic rings. The first-order valence-electron chi connectivity index (χ1n) is 5.40. The molecule has 0 saturated heterocycles. The van der Waals surface area contributed by atoms with Crippen molar-refractivity contribution >= 4 is 69.5 Å². The molecule has 1 aliphatic rings. The van der Waals surface area contributed by atoms with Crippen molar-refractivity contribution in [3.63, 3.8) is 0 Å². The smallest absolute Gasteiger partial charge is 0.0855 e. The lowest BCUT2D eigenvalue weighted by atomic mass is 10.2. The summed E-state index contributed by atoms with van der Waals surface area (Å²) in [5, 5.41) is 4.65. The first kappa shape index (κ1) is 13.7. The van der Waals surface area contributed by atoms with E-state index in [0.717, 1.165) is 15.5 Å². The Bertz CT molecular complexity index is 700. The third kappa shape index (κ3) is 2.20. The normalized spacial score (nSPS) is 12.7. The van der Waals surface area contributed by atoms with Gasteiger partial charge in [0.2, 0.25) is 0 Å². The fraction of sp³-hybridized carbons (Fsp3) is 0.0769. The number of benzene rings is 2. The summed E-state index contributed by atoms with van der Waals surface area (Å²) in [7, 11) is 0. The van der Waals surface area contributed by atoms with E-state index in [1.807, 2.05) is 19.1 Å². The molecule has 0 aromatic heterocycles. The lowest BCUT2D eigenvalue weighted by Gasteiger charge is -2.24. The van der Waals surface area contributed by atoms with Crippen molar-refractivity contribution in [3.8, 4) is 0 Å². The summed E-state index contributed by atoms with van der Waals surface area (Å²) in [6, 6.07) is 6.13. The first-order chi connectivity index (χ1) is 8.99. The highest BCUT2D eigenvalue weighted by molar-refractivity contribution is 8.00. The molecule has 2 aromatic carbocycles. The zero-order valence-electron chi connectivity index (χ0n) is 9.65. The Morgan fingerprint density at radius 3 is 2.37 bits per heavy atom. The molecule has 3 rings (SSSR count). The third-order valence-corrected chi connectivity index (χ3v) is 5.92. The monoisotopic (exact) mass is 349 g/mol. The summed E-state index contributed by atoms with van der Waals surface area (Å²) in [5.41, 5.74) is 2.88. The standard InChI is InChI=1S/C13H7Cl4NS/c1-5-2-3-6-7(4-5)19-13-11(17)9(15)8(14)10(16)12(13)18-6/h2-4,18H,1H3. The Balaban J connectivity index is 2.23. The van der Waals surface area contributed by atoms with Crippen molar-refractivity contribution < 1.29 is 0 Å². The first-order valence-corrected chi connectivity index (χ1v) is 7.73. The zero-order chi connectivity index (χ0) is 13.7. The van der Waals surface area contributed by atoms with Gasteiger partial charge in [0.1, 0.15) is 0 Å². The molecule has 1 heterocycles. The Kier molecular flexibility index (Phi) is 3.57. The molecule has 1 nitrogen and oxygen atoms in total. The summed E-state index contributed by atoms with van der Waals surface area (Å²) >= 11 is 26.2. The fourth-order valence-electron chi connectivity index (χ4n) is 1.88. The second kappa shape index (κ2) is 4.94. The average molecular weight is 351 g/mol. The molecule has 0 bridgehead atoms. The van der Waals surface area contributed by atoms with E-state index in [1.54, 1.807) is 0 Å². The van der Waals surface area contributed by atoms with Crippen molar-refractivity contribution in [1.82, 2.24) is 0 Å². The Morgan fingerprint density at radius 1 is 0.947 bits per heavy atom. The van der Waals surface area contributed by atoms with Gasteiger partial charge >= 0.3 is 0 Å².